The van der Waals surface area contributed by atoms with Gasteiger partial charge in [-0.15, -0.1) is 0 Å². The van der Waals surface area contributed by atoms with Gasteiger partial charge in [-0.3, -0.25) is 14.6 Å². The van der Waals surface area contributed by atoms with Crippen LogP contribution in [0.3, 0.4) is 0 Å². The smallest absolute Gasteiger partial charge is 0.234 e. The van der Waals surface area contributed by atoms with Crippen LogP contribution >= 0.6 is 0 Å². The van der Waals surface area contributed by atoms with Gasteiger partial charge in [0.15, 0.2) is 0 Å². The monoisotopic (exact) mass is 291 g/mol. The van der Waals surface area contributed by atoms with E-state index in [1.165, 1.54) is 0 Å². The Morgan fingerprint density at radius 3 is 2.48 bits per heavy atom. The molecule has 1 aliphatic heterocycles. The molecule has 0 unspecified atom stereocenters. The summed E-state index contributed by atoms with van der Waals surface area (Å²) in [5.74, 6) is 0.0262. The molecule has 1 heterocycles. The molecule has 6 nitrogen and oxygen atoms in total. The maximum absolute atomic E-state index is 11.7. The van der Waals surface area contributed by atoms with E-state index in [9.17, 15) is 4.79 Å². The van der Waals surface area contributed by atoms with Crippen LogP contribution in [0.5, 0.6) is 0 Å². The summed E-state index contributed by atoms with van der Waals surface area (Å²) in [5.41, 5.74) is 0. The second kappa shape index (κ2) is 10.1. The first-order valence-electron chi connectivity index (χ1n) is 7.67. The molecular formula is C15H25N5O. The molecule has 1 amide bonds. The zero-order valence-corrected chi connectivity index (χ0v) is 12.8. The van der Waals surface area contributed by atoms with Crippen molar-refractivity contribution in [3.05, 3.63) is 0 Å². The first-order chi connectivity index (χ1) is 10.2. The molecule has 0 aromatic rings. The Morgan fingerprint density at radius 2 is 1.90 bits per heavy atom. The van der Waals surface area contributed by atoms with Gasteiger partial charge in [0.1, 0.15) is 0 Å². The van der Waals surface area contributed by atoms with Gasteiger partial charge in [0.2, 0.25) is 5.91 Å². The average molecular weight is 291 g/mol. The number of hydrogen-bond donors (Lipinski definition) is 1. The molecule has 0 bridgehead atoms. The van der Waals surface area contributed by atoms with Gasteiger partial charge in [-0.1, -0.05) is 6.92 Å². The van der Waals surface area contributed by atoms with Crippen LogP contribution in [0.1, 0.15) is 26.2 Å². The van der Waals surface area contributed by atoms with Crippen LogP contribution in [-0.2, 0) is 4.79 Å². The second-order valence-corrected chi connectivity index (χ2v) is 5.45. The van der Waals surface area contributed by atoms with Crippen molar-refractivity contribution in [1.82, 2.24) is 15.1 Å². The van der Waals surface area contributed by atoms with Crippen molar-refractivity contribution in [3.63, 3.8) is 0 Å². The fourth-order valence-corrected chi connectivity index (χ4v) is 2.40. The van der Waals surface area contributed by atoms with Crippen LogP contribution in [0.2, 0.25) is 0 Å². The van der Waals surface area contributed by atoms with Gasteiger partial charge in [-0.25, -0.2) is 0 Å². The molecule has 6 heteroatoms. The van der Waals surface area contributed by atoms with Crippen molar-refractivity contribution < 1.29 is 4.79 Å². The lowest BCUT2D eigenvalue weighted by Crippen LogP contribution is -2.50. The van der Waals surface area contributed by atoms with Gasteiger partial charge >= 0.3 is 0 Å². The van der Waals surface area contributed by atoms with E-state index in [2.05, 4.69) is 27.3 Å². The highest BCUT2D eigenvalue weighted by Crippen LogP contribution is 2.10. The highest BCUT2D eigenvalue weighted by Gasteiger charge is 2.21. The maximum Gasteiger partial charge on any atom is 0.234 e. The summed E-state index contributed by atoms with van der Waals surface area (Å²) in [6.45, 7) is 7.44. The molecule has 0 aromatic heterocycles. The van der Waals surface area contributed by atoms with Crippen molar-refractivity contribution in [1.29, 1.82) is 10.5 Å². The van der Waals surface area contributed by atoms with Gasteiger partial charge in [-0.05, 0) is 12.8 Å². The number of nitrogens with one attached hydrogen (secondary N) is 1. The van der Waals surface area contributed by atoms with Crippen LogP contribution < -0.4 is 5.32 Å². The predicted molar refractivity (Wildman–Crippen MR) is 80.1 cm³/mol. The molecule has 0 aromatic carbocycles. The summed E-state index contributed by atoms with van der Waals surface area (Å²) in [6.07, 6.45) is 2.04. The summed E-state index contributed by atoms with van der Waals surface area (Å²) >= 11 is 0. The first-order valence-corrected chi connectivity index (χ1v) is 7.67. The fourth-order valence-electron chi connectivity index (χ4n) is 2.40. The minimum Gasteiger partial charge on any atom is -0.355 e. The largest absolute Gasteiger partial charge is 0.355 e. The summed E-state index contributed by atoms with van der Waals surface area (Å²) in [5, 5.41) is 20.6. The van der Waals surface area contributed by atoms with Gasteiger partial charge < -0.3 is 5.32 Å². The lowest BCUT2D eigenvalue weighted by Gasteiger charge is -2.35. The highest BCUT2D eigenvalue weighted by atomic mass is 16.2. The molecule has 1 N–H and O–H groups in total. The molecule has 0 aliphatic carbocycles. The van der Waals surface area contributed by atoms with Crippen LogP contribution in [0.15, 0.2) is 0 Å². The van der Waals surface area contributed by atoms with Crippen molar-refractivity contribution in [3.8, 4) is 12.1 Å². The molecular weight excluding hydrogens is 266 g/mol. The SMILES string of the molecule is CCCNC(=O)CN1CCN(C[C@@H](C#N)CCC#N)CC1. The molecule has 0 spiro atoms. The van der Waals surface area contributed by atoms with Crippen LogP contribution in [0, 0.1) is 28.6 Å². The summed E-state index contributed by atoms with van der Waals surface area (Å²) < 4.78 is 0. The maximum atomic E-state index is 11.7. The number of nitriles is 2. The molecule has 1 fully saturated rings. The van der Waals surface area contributed by atoms with E-state index in [4.69, 9.17) is 10.5 Å². The van der Waals surface area contributed by atoms with E-state index in [-0.39, 0.29) is 11.8 Å². The molecule has 1 rings (SSSR count). The summed E-state index contributed by atoms with van der Waals surface area (Å²) in [4.78, 5) is 16.1. The molecule has 21 heavy (non-hydrogen) atoms. The molecule has 1 aliphatic rings. The highest BCUT2D eigenvalue weighted by molar-refractivity contribution is 5.77. The Bertz CT molecular complexity index is 390. The normalized spacial score (nSPS) is 17.7. The van der Waals surface area contributed by atoms with Gasteiger partial charge in [0.25, 0.3) is 0 Å². The van der Waals surface area contributed by atoms with Crippen LogP contribution in [-0.4, -0.2) is 61.5 Å². The standard InChI is InChI=1S/C15H25N5O/c1-2-6-18-15(21)13-20-9-7-19(8-10-20)12-14(11-17)4-3-5-16/h14H,2-4,6-10,12-13H2,1H3,(H,18,21)/t14-/m1/s1. The lowest BCUT2D eigenvalue weighted by molar-refractivity contribution is -0.122. The fraction of sp³-hybridized carbons (Fsp3) is 0.800. The lowest BCUT2D eigenvalue weighted by atomic mass is 10.0. The van der Waals surface area contributed by atoms with E-state index in [0.717, 1.165) is 45.7 Å². The minimum atomic E-state index is -0.0657. The van der Waals surface area contributed by atoms with E-state index in [0.29, 0.717) is 19.4 Å². The van der Waals surface area contributed by atoms with E-state index >= 15 is 0 Å². The van der Waals surface area contributed by atoms with Crippen molar-refractivity contribution in [2.45, 2.75) is 26.2 Å². The number of piperazine rings is 1. The number of carbonyl (C=O) groups is 1. The number of nitrogens with zero attached hydrogens (tertiary/aromatic N) is 4. The second-order valence-electron chi connectivity index (χ2n) is 5.45. The molecule has 1 atom stereocenters. The number of amides is 1. The Labute approximate surface area is 127 Å². The average Bonchev–Trinajstić information content (AvgIpc) is 2.51. The Balaban J connectivity index is 2.24. The third-order valence-corrected chi connectivity index (χ3v) is 3.67. The quantitative estimate of drug-likeness (QED) is 0.707. The number of rotatable bonds is 8. The first kappa shape index (κ1) is 17.4. The number of carbonyl (C=O) groups excluding carboxylic acids is 1. The van der Waals surface area contributed by atoms with Crippen LogP contribution in [0.25, 0.3) is 0 Å². The van der Waals surface area contributed by atoms with Gasteiger partial charge in [-0.2, -0.15) is 10.5 Å². The van der Waals surface area contributed by atoms with E-state index < -0.39 is 0 Å². The van der Waals surface area contributed by atoms with E-state index in [1.807, 2.05) is 6.92 Å². The Kier molecular flexibility index (Phi) is 8.42. The Hall–Kier alpha value is -1.63. The molecule has 116 valence electrons. The molecule has 1 saturated heterocycles. The zero-order chi connectivity index (χ0) is 15.5. The third-order valence-electron chi connectivity index (χ3n) is 3.67. The Morgan fingerprint density at radius 1 is 1.24 bits per heavy atom. The zero-order valence-electron chi connectivity index (χ0n) is 12.8. The predicted octanol–water partition coefficient (Wildman–Crippen LogP) is 0.574. The van der Waals surface area contributed by atoms with Crippen molar-refractivity contribution in [2.75, 3.05) is 45.8 Å². The number of hydrogen-bond acceptors (Lipinski definition) is 5. The third kappa shape index (κ3) is 7.08. The minimum absolute atomic E-state index is 0.0657. The topological polar surface area (TPSA) is 83.2 Å². The van der Waals surface area contributed by atoms with E-state index in [1.54, 1.807) is 0 Å². The summed E-state index contributed by atoms with van der Waals surface area (Å²) in [6, 6.07) is 4.37. The van der Waals surface area contributed by atoms with Gasteiger partial charge in [0, 0.05) is 45.7 Å². The summed E-state index contributed by atoms with van der Waals surface area (Å²) in [7, 11) is 0. The van der Waals surface area contributed by atoms with Crippen molar-refractivity contribution >= 4 is 5.91 Å². The molecule has 0 radical (unpaired) electrons. The van der Waals surface area contributed by atoms with Crippen LogP contribution in [0.4, 0.5) is 0 Å². The van der Waals surface area contributed by atoms with Crippen molar-refractivity contribution in [2.24, 2.45) is 5.92 Å². The molecule has 0 saturated carbocycles. The van der Waals surface area contributed by atoms with Gasteiger partial charge in [0.05, 0.1) is 24.6 Å².